The molecule has 1 amide bonds. The van der Waals surface area contributed by atoms with Gasteiger partial charge in [0, 0.05) is 18.5 Å². The van der Waals surface area contributed by atoms with Gasteiger partial charge in [0.15, 0.2) is 11.5 Å². The number of nitrogens with one attached hydrogen (secondary N) is 1. The van der Waals surface area contributed by atoms with E-state index in [1.165, 1.54) is 6.26 Å². The van der Waals surface area contributed by atoms with Crippen LogP contribution in [-0.2, 0) is 4.79 Å². The molecular weight excluding hydrogens is 230 g/mol. The molecule has 0 aliphatic carbocycles. The van der Waals surface area contributed by atoms with E-state index in [0.717, 1.165) is 5.69 Å². The second kappa shape index (κ2) is 5.82. The Morgan fingerprint density at radius 1 is 1.00 bits per heavy atom. The van der Waals surface area contributed by atoms with Gasteiger partial charge in [-0.25, -0.2) is 0 Å². The van der Waals surface area contributed by atoms with E-state index in [1.807, 2.05) is 18.2 Å². The van der Waals surface area contributed by atoms with Crippen molar-refractivity contribution >= 4 is 17.4 Å². The number of ketones is 1. The number of carbonyl (C=O) groups excluding carboxylic acids is 2. The van der Waals surface area contributed by atoms with Crippen LogP contribution in [-0.4, -0.2) is 11.7 Å². The highest BCUT2D eigenvalue weighted by Gasteiger charge is 2.11. The number of para-hydroxylation sites is 1. The van der Waals surface area contributed by atoms with E-state index < -0.39 is 0 Å². The summed E-state index contributed by atoms with van der Waals surface area (Å²) in [6, 6.07) is 12.4. The van der Waals surface area contributed by atoms with Crippen molar-refractivity contribution in [3.63, 3.8) is 0 Å². The smallest absolute Gasteiger partial charge is 0.224 e. The zero-order valence-corrected chi connectivity index (χ0v) is 9.76. The fourth-order valence-corrected chi connectivity index (χ4v) is 1.53. The van der Waals surface area contributed by atoms with E-state index in [-0.39, 0.29) is 24.5 Å². The monoisotopic (exact) mass is 243 g/mol. The molecule has 0 bridgehead atoms. The minimum Gasteiger partial charge on any atom is -0.461 e. The maximum absolute atomic E-state index is 11.6. The fourth-order valence-electron chi connectivity index (χ4n) is 1.53. The summed E-state index contributed by atoms with van der Waals surface area (Å²) in [5.74, 6) is -0.0492. The van der Waals surface area contributed by atoms with Gasteiger partial charge in [0.2, 0.25) is 5.91 Å². The van der Waals surface area contributed by atoms with Gasteiger partial charge in [0.05, 0.1) is 6.26 Å². The molecule has 1 N–H and O–H groups in total. The molecule has 0 aliphatic heterocycles. The molecule has 0 aliphatic rings. The molecule has 0 saturated carbocycles. The summed E-state index contributed by atoms with van der Waals surface area (Å²) in [6.45, 7) is 0. The number of benzene rings is 1. The second-order valence-corrected chi connectivity index (χ2v) is 3.81. The molecule has 0 saturated heterocycles. The average Bonchev–Trinajstić information content (AvgIpc) is 2.91. The van der Waals surface area contributed by atoms with Crippen LogP contribution in [0.15, 0.2) is 53.1 Å². The minimum atomic E-state index is -0.180. The molecule has 18 heavy (non-hydrogen) atoms. The highest BCUT2D eigenvalue weighted by atomic mass is 16.3. The Bertz CT molecular complexity index is 517. The standard InChI is InChI=1S/C14H13NO3/c16-12(13-7-4-10-18-13)8-9-14(17)15-11-5-2-1-3-6-11/h1-7,10H,8-9H2,(H,15,17). The van der Waals surface area contributed by atoms with Crippen LogP contribution in [0.2, 0.25) is 0 Å². The number of hydrogen-bond donors (Lipinski definition) is 1. The number of amides is 1. The van der Waals surface area contributed by atoms with Crippen LogP contribution in [0.3, 0.4) is 0 Å². The molecule has 1 aromatic heterocycles. The summed E-state index contributed by atoms with van der Waals surface area (Å²) < 4.78 is 4.96. The molecule has 4 heteroatoms. The van der Waals surface area contributed by atoms with Gasteiger partial charge in [-0.1, -0.05) is 18.2 Å². The van der Waals surface area contributed by atoms with Crippen LogP contribution >= 0.6 is 0 Å². The summed E-state index contributed by atoms with van der Waals surface area (Å²) >= 11 is 0. The van der Waals surface area contributed by atoms with Crippen LogP contribution in [0, 0.1) is 0 Å². The average molecular weight is 243 g/mol. The lowest BCUT2D eigenvalue weighted by molar-refractivity contribution is -0.116. The third-order valence-corrected chi connectivity index (χ3v) is 2.43. The van der Waals surface area contributed by atoms with E-state index in [4.69, 9.17) is 4.42 Å². The largest absolute Gasteiger partial charge is 0.461 e. The van der Waals surface area contributed by atoms with E-state index in [0.29, 0.717) is 5.76 Å². The van der Waals surface area contributed by atoms with E-state index in [9.17, 15) is 9.59 Å². The van der Waals surface area contributed by atoms with Gasteiger partial charge in [-0.05, 0) is 24.3 Å². The Labute approximate surface area is 105 Å². The molecule has 0 spiro atoms. The van der Waals surface area contributed by atoms with Crippen molar-refractivity contribution in [1.29, 1.82) is 0 Å². The topological polar surface area (TPSA) is 59.3 Å². The fraction of sp³-hybridized carbons (Fsp3) is 0.143. The molecule has 1 aromatic carbocycles. The Morgan fingerprint density at radius 2 is 1.78 bits per heavy atom. The van der Waals surface area contributed by atoms with Crippen LogP contribution in [0.25, 0.3) is 0 Å². The van der Waals surface area contributed by atoms with E-state index in [2.05, 4.69) is 5.32 Å². The van der Waals surface area contributed by atoms with Gasteiger partial charge in [0.25, 0.3) is 0 Å². The second-order valence-electron chi connectivity index (χ2n) is 3.81. The molecular formula is C14H13NO3. The zero-order valence-electron chi connectivity index (χ0n) is 9.76. The highest BCUT2D eigenvalue weighted by molar-refractivity contribution is 5.98. The van der Waals surface area contributed by atoms with Crippen LogP contribution in [0.5, 0.6) is 0 Å². The summed E-state index contributed by atoms with van der Waals surface area (Å²) in [6.07, 6.45) is 1.73. The lowest BCUT2D eigenvalue weighted by atomic mass is 10.1. The third-order valence-electron chi connectivity index (χ3n) is 2.43. The number of rotatable bonds is 5. The minimum absolute atomic E-state index is 0.145. The maximum Gasteiger partial charge on any atom is 0.224 e. The van der Waals surface area contributed by atoms with Gasteiger partial charge < -0.3 is 9.73 Å². The molecule has 2 rings (SSSR count). The van der Waals surface area contributed by atoms with Crippen LogP contribution < -0.4 is 5.32 Å². The van der Waals surface area contributed by atoms with Crippen molar-refractivity contribution in [1.82, 2.24) is 0 Å². The van der Waals surface area contributed by atoms with Gasteiger partial charge in [-0.2, -0.15) is 0 Å². The SMILES string of the molecule is O=C(CCC(=O)c1ccco1)Nc1ccccc1. The first-order chi connectivity index (χ1) is 8.75. The van der Waals surface area contributed by atoms with Gasteiger partial charge in [-0.15, -0.1) is 0 Å². The van der Waals surface area contributed by atoms with Crippen molar-refractivity contribution in [2.45, 2.75) is 12.8 Å². The van der Waals surface area contributed by atoms with Gasteiger partial charge >= 0.3 is 0 Å². The summed E-state index contributed by atoms with van der Waals surface area (Å²) in [7, 11) is 0. The number of anilines is 1. The first kappa shape index (κ1) is 12.1. The molecule has 2 aromatic rings. The molecule has 1 heterocycles. The molecule has 0 atom stereocenters. The number of Topliss-reactive ketones (excluding diaryl/α,β-unsaturated/α-hetero) is 1. The molecule has 0 fully saturated rings. The molecule has 4 nitrogen and oxygen atoms in total. The van der Waals surface area contributed by atoms with E-state index in [1.54, 1.807) is 24.3 Å². The lowest BCUT2D eigenvalue weighted by Gasteiger charge is -2.03. The summed E-state index contributed by atoms with van der Waals surface area (Å²) in [5, 5.41) is 2.72. The Kier molecular flexibility index (Phi) is 3.91. The van der Waals surface area contributed by atoms with E-state index >= 15 is 0 Å². The van der Waals surface area contributed by atoms with Gasteiger partial charge in [-0.3, -0.25) is 9.59 Å². The predicted octanol–water partition coefficient (Wildman–Crippen LogP) is 2.88. The van der Waals surface area contributed by atoms with Crippen molar-refractivity contribution < 1.29 is 14.0 Å². The van der Waals surface area contributed by atoms with Crippen molar-refractivity contribution in [3.8, 4) is 0 Å². The normalized spacial score (nSPS) is 10.0. The number of carbonyl (C=O) groups is 2. The Hall–Kier alpha value is -2.36. The number of hydrogen-bond acceptors (Lipinski definition) is 3. The molecule has 92 valence electrons. The lowest BCUT2D eigenvalue weighted by Crippen LogP contribution is -2.13. The van der Waals surface area contributed by atoms with Crippen LogP contribution in [0.4, 0.5) is 5.69 Å². The first-order valence-electron chi connectivity index (χ1n) is 5.67. The zero-order chi connectivity index (χ0) is 12.8. The molecule has 0 radical (unpaired) electrons. The van der Waals surface area contributed by atoms with Gasteiger partial charge in [0.1, 0.15) is 0 Å². The Balaban J connectivity index is 1.80. The van der Waals surface area contributed by atoms with Crippen molar-refractivity contribution in [2.75, 3.05) is 5.32 Å². The summed E-state index contributed by atoms with van der Waals surface area (Å²) in [4.78, 5) is 23.2. The van der Waals surface area contributed by atoms with Crippen LogP contribution in [0.1, 0.15) is 23.4 Å². The Morgan fingerprint density at radius 3 is 2.44 bits per heavy atom. The quantitative estimate of drug-likeness (QED) is 0.821. The number of furan rings is 1. The predicted molar refractivity (Wildman–Crippen MR) is 67.3 cm³/mol. The maximum atomic E-state index is 11.6. The first-order valence-corrected chi connectivity index (χ1v) is 5.67. The summed E-state index contributed by atoms with van der Waals surface area (Å²) in [5.41, 5.74) is 0.730. The van der Waals surface area contributed by atoms with Crippen molar-refractivity contribution in [2.24, 2.45) is 0 Å². The molecule has 0 unspecified atom stereocenters. The third kappa shape index (κ3) is 3.31. The highest BCUT2D eigenvalue weighted by Crippen LogP contribution is 2.09. The van der Waals surface area contributed by atoms with Crippen molar-refractivity contribution in [3.05, 3.63) is 54.5 Å².